The van der Waals surface area contributed by atoms with Gasteiger partial charge in [-0.3, -0.25) is 14.5 Å². The molecule has 2 fully saturated rings. The number of carbonyl (C=O) groups is 2. The number of aryl methyl sites for hydroxylation is 2. The summed E-state index contributed by atoms with van der Waals surface area (Å²) in [5, 5.41) is 3.23. The number of methoxy groups -OCH3 is 1. The van der Waals surface area contributed by atoms with Crippen molar-refractivity contribution >= 4 is 11.8 Å². The van der Waals surface area contributed by atoms with Gasteiger partial charge in [0.25, 0.3) is 0 Å². The van der Waals surface area contributed by atoms with Gasteiger partial charge in [0.15, 0.2) is 11.5 Å². The minimum atomic E-state index is -0.217. The first-order valence-corrected chi connectivity index (χ1v) is 15.9. The lowest BCUT2D eigenvalue weighted by Crippen LogP contribution is -2.49. The number of nitrogens with one attached hydrogen (secondary N) is 2. The average Bonchev–Trinajstić information content (AvgIpc) is 3.66. The van der Waals surface area contributed by atoms with Gasteiger partial charge in [0.1, 0.15) is 11.6 Å². The summed E-state index contributed by atoms with van der Waals surface area (Å²) in [6.07, 6.45) is 7.61. The molecule has 2 atom stereocenters. The molecule has 234 valence electrons. The molecule has 1 aliphatic carbocycles. The maximum absolute atomic E-state index is 13.4. The summed E-state index contributed by atoms with van der Waals surface area (Å²) in [7, 11) is 1.61. The van der Waals surface area contributed by atoms with Crippen LogP contribution >= 0.6 is 0 Å². The van der Waals surface area contributed by atoms with E-state index in [9.17, 15) is 9.59 Å². The number of benzene rings is 2. The number of aromatic nitrogens is 2. The number of hydrogen-bond acceptors (Lipinski definition) is 7. The number of likely N-dealkylation sites (tertiary alicyclic amines) is 1. The van der Waals surface area contributed by atoms with E-state index in [0.717, 1.165) is 54.7 Å². The molecule has 2 amide bonds. The van der Waals surface area contributed by atoms with E-state index in [-0.39, 0.29) is 36.5 Å². The monoisotopic (exact) mass is 601 g/mol. The lowest BCUT2D eigenvalue weighted by atomic mass is 10.1. The van der Waals surface area contributed by atoms with Crippen molar-refractivity contribution in [3.05, 3.63) is 71.3 Å². The fourth-order valence-electron chi connectivity index (χ4n) is 6.08. The highest BCUT2D eigenvalue weighted by Crippen LogP contribution is 2.34. The standard InChI is InChI=1S/C34H43N5O5/c1-3-4-8-32-35-17-25(36-32)18-38-19-28-31(20-38)43-22-24-6-5-7-27(15-24)44-29-13-9-23(16-30(29)42-2)10-14-34(41)39(26-11-12-26)21-33(40)37-28/h5-7,9,13,15-17,26,28,31H,3-4,8,10-12,14,18-22H2,1-2H3,(H,35,36)(H,37,40)/t28-,31-/m0/s1. The number of nitrogens with zero attached hydrogens (tertiary/aromatic N) is 3. The van der Waals surface area contributed by atoms with Gasteiger partial charge in [-0.05, 0) is 61.1 Å². The molecule has 1 aromatic heterocycles. The first-order chi connectivity index (χ1) is 21.5. The van der Waals surface area contributed by atoms with E-state index in [0.29, 0.717) is 56.3 Å². The average molecular weight is 602 g/mol. The van der Waals surface area contributed by atoms with E-state index in [1.165, 1.54) is 0 Å². The summed E-state index contributed by atoms with van der Waals surface area (Å²) in [6, 6.07) is 13.5. The highest BCUT2D eigenvalue weighted by molar-refractivity contribution is 5.85. The van der Waals surface area contributed by atoms with E-state index in [1.807, 2.05) is 48.7 Å². The van der Waals surface area contributed by atoms with Gasteiger partial charge < -0.3 is 29.4 Å². The van der Waals surface area contributed by atoms with Crippen LogP contribution in [0.4, 0.5) is 0 Å². The van der Waals surface area contributed by atoms with Crippen LogP contribution in [0.15, 0.2) is 48.7 Å². The van der Waals surface area contributed by atoms with Gasteiger partial charge in [-0.15, -0.1) is 0 Å². The van der Waals surface area contributed by atoms with Crippen LogP contribution in [-0.2, 0) is 40.3 Å². The third-order valence-electron chi connectivity index (χ3n) is 8.60. The molecule has 7 rings (SSSR count). The Morgan fingerprint density at radius 3 is 2.77 bits per heavy atom. The zero-order valence-electron chi connectivity index (χ0n) is 25.7. The molecule has 4 bridgehead atoms. The number of amides is 2. The summed E-state index contributed by atoms with van der Waals surface area (Å²) in [6.45, 7) is 4.62. The number of carbonyl (C=O) groups excluding carboxylic acids is 2. The molecule has 1 saturated heterocycles. The quantitative estimate of drug-likeness (QED) is 0.414. The van der Waals surface area contributed by atoms with Gasteiger partial charge in [0.2, 0.25) is 11.8 Å². The topological polar surface area (TPSA) is 109 Å². The van der Waals surface area contributed by atoms with Crippen molar-refractivity contribution < 1.29 is 23.8 Å². The van der Waals surface area contributed by atoms with Crippen molar-refractivity contribution in [1.29, 1.82) is 0 Å². The van der Waals surface area contributed by atoms with Crippen LogP contribution in [0, 0.1) is 0 Å². The van der Waals surface area contributed by atoms with Crippen molar-refractivity contribution in [2.24, 2.45) is 0 Å². The maximum Gasteiger partial charge on any atom is 0.239 e. The molecule has 2 aromatic carbocycles. The van der Waals surface area contributed by atoms with E-state index in [4.69, 9.17) is 14.2 Å². The Kier molecular flexibility index (Phi) is 9.47. The van der Waals surface area contributed by atoms with E-state index in [1.54, 1.807) is 12.0 Å². The third-order valence-corrected chi connectivity index (χ3v) is 8.60. The summed E-state index contributed by atoms with van der Waals surface area (Å²) in [5.41, 5.74) is 3.01. The number of ether oxygens (including phenoxy) is 3. The molecule has 3 aliphatic heterocycles. The molecule has 10 heteroatoms. The Balaban J connectivity index is 1.22. The third kappa shape index (κ3) is 7.60. The first kappa shape index (κ1) is 30.1. The van der Waals surface area contributed by atoms with Crippen molar-refractivity contribution in [1.82, 2.24) is 25.1 Å². The minimum Gasteiger partial charge on any atom is -0.493 e. The van der Waals surface area contributed by atoms with Crippen LogP contribution in [0.3, 0.4) is 0 Å². The Hall–Kier alpha value is -3.89. The Labute approximate surface area is 259 Å². The zero-order chi connectivity index (χ0) is 30.5. The fraction of sp³-hybridized carbons (Fsp3) is 0.500. The van der Waals surface area contributed by atoms with Gasteiger partial charge in [0, 0.05) is 50.4 Å². The van der Waals surface area contributed by atoms with E-state index in [2.05, 4.69) is 27.1 Å². The van der Waals surface area contributed by atoms with Crippen LogP contribution in [0.1, 0.15) is 61.7 Å². The van der Waals surface area contributed by atoms with Crippen LogP contribution in [-0.4, -0.2) is 76.5 Å². The largest absolute Gasteiger partial charge is 0.493 e. The Bertz CT molecular complexity index is 1450. The van der Waals surface area contributed by atoms with Gasteiger partial charge in [-0.2, -0.15) is 0 Å². The van der Waals surface area contributed by atoms with Crippen LogP contribution in [0.2, 0.25) is 0 Å². The van der Waals surface area contributed by atoms with Gasteiger partial charge in [0.05, 0.1) is 32.4 Å². The second-order valence-corrected chi connectivity index (χ2v) is 12.2. The molecule has 0 spiro atoms. The molecule has 1 saturated carbocycles. The predicted molar refractivity (Wildman–Crippen MR) is 166 cm³/mol. The highest BCUT2D eigenvalue weighted by atomic mass is 16.5. The molecule has 44 heavy (non-hydrogen) atoms. The summed E-state index contributed by atoms with van der Waals surface area (Å²) in [4.78, 5) is 38.8. The molecule has 4 heterocycles. The first-order valence-electron chi connectivity index (χ1n) is 15.9. The summed E-state index contributed by atoms with van der Waals surface area (Å²) < 4.78 is 18.3. The number of imidazole rings is 1. The van der Waals surface area contributed by atoms with Gasteiger partial charge >= 0.3 is 0 Å². The normalized spacial score (nSPS) is 21.6. The van der Waals surface area contributed by atoms with Crippen molar-refractivity contribution in [2.75, 3.05) is 26.7 Å². The SMILES string of the molecule is CCCCc1ncc(CN2C[C@@H]3NC(=O)CN(C4CC4)C(=O)CCc4ccc(c(OC)c4)Oc4cccc(c4)CO[C@H]3C2)[nH]1. The predicted octanol–water partition coefficient (Wildman–Crippen LogP) is 4.38. The molecule has 4 aliphatic rings. The zero-order valence-corrected chi connectivity index (χ0v) is 25.7. The minimum absolute atomic E-state index is 0.00476. The number of hydrogen-bond donors (Lipinski definition) is 2. The summed E-state index contributed by atoms with van der Waals surface area (Å²) in [5.74, 6) is 2.76. The van der Waals surface area contributed by atoms with Gasteiger partial charge in [-0.1, -0.05) is 31.5 Å². The molecular formula is C34H43N5O5. The van der Waals surface area contributed by atoms with Crippen LogP contribution in [0.5, 0.6) is 17.2 Å². The Morgan fingerprint density at radius 2 is 1.95 bits per heavy atom. The number of fused-ring (bicyclic) bond motifs is 9. The number of aromatic amines is 1. The van der Waals surface area contributed by atoms with E-state index < -0.39 is 0 Å². The smallest absolute Gasteiger partial charge is 0.239 e. The fourth-order valence-corrected chi connectivity index (χ4v) is 6.08. The number of unbranched alkanes of at least 4 members (excludes halogenated alkanes) is 1. The molecule has 2 N–H and O–H groups in total. The highest BCUT2D eigenvalue weighted by Gasteiger charge is 2.37. The van der Waals surface area contributed by atoms with Crippen LogP contribution < -0.4 is 14.8 Å². The Morgan fingerprint density at radius 1 is 1.07 bits per heavy atom. The second kappa shape index (κ2) is 13.8. The van der Waals surface area contributed by atoms with Crippen molar-refractivity contribution in [3.63, 3.8) is 0 Å². The molecular weight excluding hydrogens is 558 g/mol. The molecule has 10 nitrogen and oxygen atoms in total. The van der Waals surface area contributed by atoms with E-state index >= 15 is 0 Å². The van der Waals surface area contributed by atoms with Crippen LogP contribution in [0.25, 0.3) is 0 Å². The molecule has 0 unspecified atom stereocenters. The lowest BCUT2D eigenvalue weighted by molar-refractivity contribution is -0.137. The lowest BCUT2D eigenvalue weighted by Gasteiger charge is -2.25. The number of rotatable bonds is 7. The van der Waals surface area contributed by atoms with Gasteiger partial charge in [-0.25, -0.2) is 4.98 Å². The number of H-pyrrole nitrogens is 1. The molecule has 3 aromatic rings. The maximum atomic E-state index is 13.4. The van der Waals surface area contributed by atoms with Crippen molar-refractivity contribution in [2.45, 2.75) is 83.2 Å². The summed E-state index contributed by atoms with van der Waals surface area (Å²) >= 11 is 0. The second-order valence-electron chi connectivity index (χ2n) is 12.2. The molecule has 0 radical (unpaired) electrons. The van der Waals surface area contributed by atoms with Crippen molar-refractivity contribution in [3.8, 4) is 17.2 Å².